The van der Waals surface area contributed by atoms with Crippen LogP contribution in [0.25, 0.3) is 0 Å². The maximum Gasteiger partial charge on any atom is 0.337 e. The molecule has 0 radical (unpaired) electrons. The van der Waals surface area contributed by atoms with Crippen molar-refractivity contribution in [2.24, 2.45) is 0 Å². The van der Waals surface area contributed by atoms with Crippen LogP contribution >= 0.6 is 15.9 Å². The second-order valence-corrected chi connectivity index (χ2v) is 6.43. The lowest BCUT2D eigenvalue weighted by molar-refractivity contribution is 0.0696. The van der Waals surface area contributed by atoms with Crippen LogP contribution in [0.3, 0.4) is 0 Å². The van der Waals surface area contributed by atoms with Crippen molar-refractivity contribution in [1.82, 2.24) is 4.98 Å². The molecule has 0 aliphatic heterocycles. The molecule has 20 heavy (non-hydrogen) atoms. The summed E-state index contributed by atoms with van der Waals surface area (Å²) in [6.07, 6.45) is 2.38. The Morgan fingerprint density at radius 2 is 2.00 bits per heavy atom. The van der Waals surface area contributed by atoms with Gasteiger partial charge in [0.15, 0.2) is 0 Å². The van der Waals surface area contributed by atoms with Crippen LogP contribution in [0.15, 0.2) is 52.1 Å². The predicted molar refractivity (Wildman–Crippen MR) is 76.1 cm³/mol. The van der Waals surface area contributed by atoms with Gasteiger partial charge in [-0.3, -0.25) is 9.71 Å². The minimum absolute atomic E-state index is 0.0626. The van der Waals surface area contributed by atoms with E-state index in [2.05, 4.69) is 25.6 Å². The monoisotopic (exact) mass is 356 g/mol. The molecule has 0 spiro atoms. The number of rotatable bonds is 4. The van der Waals surface area contributed by atoms with E-state index in [1.165, 1.54) is 24.4 Å². The summed E-state index contributed by atoms with van der Waals surface area (Å²) in [7, 11) is -3.79. The maximum absolute atomic E-state index is 12.1. The molecule has 0 bridgehead atoms. The Hall–Kier alpha value is -1.93. The molecular weight excluding hydrogens is 348 g/mol. The van der Waals surface area contributed by atoms with Gasteiger partial charge >= 0.3 is 5.97 Å². The van der Waals surface area contributed by atoms with Gasteiger partial charge in [0.1, 0.15) is 0 Å². The number of nitrogens with zero attached hydrogens (tertiary/aromatic N) is 1. The lowest BCUT2D eigenvalue weighted by Crippen LogP contribution is -2.13. The minimum atomic E-state index is -3.79. The van der Waals surface area contributed by atoms with E-state index < -0.39 is 16.0 Å². The van der Waals surface area contributed by atoms with Crippen LogP contribution in [-0.2, 0) is 10.0 Å². The SMILES string of the molecule is O=C(O)c1cncc(NS(=O)(=O)c2cccc(Br)c2)c1. The largest absolute Gasteiger partial charge is 0.478 e. The van der Waals surface area contributed by atoms with Crippen molar-refractivity contribution in [2.75, 3.05) is 4.72 Å². The van der Waals surface area contributed by atoms with Crippen LogP contribution in [0, 0.1) is 0 Å². The van der Waals surface area contributed by atoms with Gasteiger partial charge in [0.25, 0.3) is 10.0 Å². The predicted octanol–water partition coefficient (Wildman–Crippen LogP) is 2.34. The van der Waals surface area contributed by atoms with Crippen molar-refractivity contribution in [2.45, 2.75) is 4.90 Å². The van der Waals surface area contributed by atoms with Gasteiger partial charge in [-0.15, -0.1) is 0 Å². The molecule has 1 aromatic heterocycles. The number of pyridine rings is 1. The van der Waals surface area contributed by atoms with Crippen molar-refractivity contribution in [3.63, 3.8) is 0 Å². The molecule has 0 saturated heterocycles. The highest BCUT2D eigenvalue weighted by Gasteiger charge is 2.15. The summed E-state index contributed by atoms with van der Waals surface area (Å²) in [5.74, 6) is -1.18. The number of hydrogen-bond acceptors (Lipinski definition) is 4. The molecule has 104 valence electrons. The number of aromatic carboxylic acids is 1. The van der Waals surface area contributed by atoms with Crippen LogP contribution < -0.4 is 4.72 Å². The Balaban J connectivity index is 2.33. The number of carboxylic acid groups (broad SMARTS) is 1. The summed E-state index contributed by atoms with van der Waals surface area (Å²) in [6.45, 7) is 0. The van der Waals surface area contributed by atoms with Gasteiger partial charge in [0.2, 0.25) is 0 Å². The average Bonchev–Trinajstić information content (AvgIpc) is 2.38. The van der Waals surface area contributed by atoms with E-state index in [0.717, 1.165) is 6.20 Å². The zero-order valence-electron chi connectivity index (χ0n) is 9.95. The molecule has 0 aliphatic rings. The van der Waals surface area contributed by atoms with Gasteiger partial charge < -0.3 is 5.11 Å². The van der Waals surface area contributed by atoms with Gasteiger partial charge in [0.05, 0.1) is 22.3 Å². The number of hydrogen-bond donors (Lipinski definition) is 2. The van der Waals surface area contributed by atoms with Crippen LogP contribution in [0.1, 0.15) is 10.4 Å². The fraction of sp³-hybridized carbons (Fsp3) is 0. The van der Waals surface area contributed by atoms with Gasteiger partial charge in [0, 0.05) is 10.7 Å². The molecule has 6 nitrogen and oxygen atoms in total. The van der Waals surface area contributed by atoms with Crippen molar-refractivity contribution in [1.29, 1.82) is 0 Å². The Labute approximate surface area is 123 Å². The summed E-state index contributed by atoms with van der Waals surface area (Å²) in [5.41, 5.74) is -0.00989. The molecule has 2 rings (SSSR count). The summed E-state index contributed by atoms with van der Waals surface area (Å²) in [6, 6.07) is 7.36. The third kappa shape index (κ3) is 3.34. The number of carboxylic acids is 1. The molecule has 0 unspecified atom stereocenters. The van der Waals surface area contributed by atoms with E-state index in [4.69, 9.17) is 5.11 Å². The number of anilines is 1. The summed E-state index contributed by atoms with van der Waals surface area (Å²) >= 11 is 3.19. The molecule has 0 amide bonds. The summed E-state index contributed by atoms with van der Waals surface area (Å²) < 4.78 is 27.2. The first-order valence-corrected chi connectivity index (χ1v) is 7.63. The van der Waals surface area contributed by atoms with Gasteiger partial charge in [-0.05, 0) is 24.3 Å². The molecule has 1 heterocycles. The van der Waals surface area contributed by atoms with E-state index in [-0.39, 0.29) is 16.1 Å². The topological polar surface area (TPSA) is 96.4 Å². The number of carbonyl (C=O) groups is 1. The second kappa shape index (κ2) is 5.59. The highest BCUT2D eigenvalue weighted by molar-refractivity contribution is 9.10. The molecule has 2 aromatic rings. The molecule has 0 saturated carbocycles. The van der Waals surface area contributed by atoms with Crippen molar-refractivity contribution < 1.29 is 18.3 Å². The second-order valence-electron chi connectivity index (χ2n) is 3.83. The van der Waals surface area contributed by atoms with Gasteiger partial charge in [-0.2, -0.15) is 0 Å². The summed E-state index contributed by atoms with van der Waals surface area (Å²) in [4.78, 5) is 14.6. The molecule has 0 fully saturated rings. The number of aromatic nitrogens is 1. The molecule has 1 aromatic carbocycles. The minimum Gasteiger partial charge on any atom is -0.478 e. The van der Waals surface area contributed by atoms with Crippen molar-refractivity contribution in [3.05, 3.63) is 52.8 Å². The highest BCUT2D eigenvalue weighted by Crippen LogP contribution is 2.19. The van der Waals surface area contributed by atoms with Crippen LogP contribution in [0.2, 0.25) is 0 Å². The number of halogens is 1. The lowest BCUT2D eigenvalue weighted by Gasteiger charge is -2.08. The molecule has 2 N–H and O–H groups in total. The van der Waals surface area contributed by atoms with E-state index >= 15 is 0 Å². The zero-order chi connectivity index (χ0) is 14.8. The number of sulfonamides is 1. The van der Waals surface area contributed by atoms with Crippen LogP contribution in [-0.4, -0.2) is 24.5 Å². The van der Waals surface area contributed by atoms with E-state index in [1.807, 2.05) is 0 Å². The zero-order valence-corrected chi connectivity index (χ0v) is 12.3. The average molecular weight is 357 g/mol. The van der Waals surface area contributed by atoms with E-state index in [0.29, 0.717) is 4.47 Å². The Bertz CT molecular complexity index is 762. The van der Waals surface area contributed by atoms with Crippen LogP contribution in [0.5, 0.6) is 0 Å². The maximum atomic E-state index is 12.1. The smallest absolute Gasteiger partial charge is 0.337 e. The highest BCUT2D eigenvalue weighted by atomic mass is 79.9. The molecular formula is C12H9BrN2O4S. The first-order valence-electron chi connectivity index (χ1n) is 5.35. The quantitative estimate of drug-likeness (QED) is 0.876. The van der Waals surface area contributed by atoms with E-state index in [1.54, 1.807) is 12.1 Å². The summed E-state index contributed by atoms with van der Waals surface area (Å²) in [5, 5.41) is 8.84. The molecule has 0 atom stereocenters. The fourth-order valence-electron chi connectivity index (χ4n) is 1.46. The van der Waals surface area contributed by atoms with E-state index in [9.17, 15) is 13.2 Å². The molecule has 8 heteroatoms. The standard InChI is InChI=1S/C12H9BrN2O4S/c13-9-2-1-3-11(5-9)20(18,19)15-10-4-8(12(16)17)6-14-7-10/h1-7,15H,(H,16,17). The first kappa shape index (κ1) is 14.5. The number of benzene rings is 1. The molecule has 0 aliphatic carbocycles. The lowest BCUT2D eigenvalue weighted by atomic mass is 10.3. The first-order chi connectivity index (χ1) is 9.38. The third-order valence-electron chi connectivity index (χ3n) is 2.34. The van der Waals surface area contributed by atoms with Crippen molar-refractivity contribution >= 4 is 37.6 Å². The van der Waals surface area contributed by atoms with Crippen LogP contribution in [0.4, 0.5) is 5.69 Å². The fourth-order valence-corrected chi connectivity index (χ4v) is 3.09. The Morgan fingerprint density at radius 3 is 2.65 bits per heavy atom. The normalized spacial score (nSPS) is 11.1. The van der Waals surface area contributed by atoms with Gasteiger partial charge in [-0.25, -0.2) is 13.2 Å². The third-order valence-corrected chi connectivity index (χ3v) is 4.22. The Kier molecular flexibility index (Phi) is 4.05. The van der Waals surface area contributed by atoms with Gasteiger partial charge in [-0.1, -0.05) is 22.0 Å². The van der Waals surface area contributed by atoms with Crippen molar-refractivity contribution in [3.8, 4) is 0 Å². The number of nitrogens with one attached hydrogen (secondary N) is 1. The Morgan fingerprint density at radius 1 is 1.25 bits per heavy atom.